The van der Waals surface area contributed by atoms with Crippen LogP contribution in [0.5, 0.6) is 0 Å². The number of hydrogen-bond acceptors (Lipinski definition) is 4. The molecule has 1 unspecified atom stereocenters. The maximum absolute atomic E-state index is 12.7. The minimum absolute atomic E-state index is 0.0702. The summed E-state index contributed by atoms with van der Waals surface area (Å²) < 4.78 is 12.7. The van der Waals surface area contributed by atoms with Gasteiger partial charge in [0.15, 0.2) is 11.5 Å². The van der Waals surface area contributed by atoms with Gasteiger partial charge >= 0.3 is 0 Å². The van der Waals surface area contributed by atoms with E-state index in [0.717, 1.165) is 16.3 Å². The number of rotatable bonds is 4. The summed E-state index contributed by atoms with van der Waals surface area (Å²) in [5.41, 5.74) is 11.5. The van der Waals surface area contributed by atoms with E-state index in [-0.39, 0.29) is 17.3 Å². The Morgan fingerprint density at radius 3 is 2.78 bits per heavy atom. The Bertz CT molecular complexity index is 468. The molecule has 5 N–H and O–H groups in total. The average Bonchev–Trinajstić information content (AvgIpc) is 2.75. The Kier molecular flexibility index (Phi) is 4.38. The molecule has 1 aliphatic rings. The van der Waals surface area contributed by atoms with Crippen molar-refractivity contribution in [1.29, 1.82) is 0 Å². The zero-order valence-electron chi connectivity index (χ0n) is 9.47. The van der Waals surface area contributed by atoms with E-state index in [2.05, 4.69) is 10.3 Å². The maximum atomic E-state index is 12.7. The van der Waals surface area contributed by atoms with Gasteiger partial charge in [-0.05, 0) is 29.7 Å². The second-order valence-electron chi connectivity index (χ2n) is 3.57. The second-order valence-corrected chi connectivity index (χ2v) is 5.58. The smallest absolute Gasteiger partial charge is 0.188 e. The van der Waals surface area contributed by atoms with Crippen molar-refractivity contribution in [1.82, 2.24) is 5.32 Å². The van der Waals surface area contributed by atoms with E-state index in [0.29, 0.717) is 0 Å². The molecule has 2 rings (SSSR count). The summed E-state index contributed by atoms with van der Waals surface area (Å²) in [7, 11) is 0. The lowest BCUT2D eigenvalue weighted by molar-refractivity contribution is 0.626. The SMILES string of the molecule is NC(N)=NC1NC(CSc2ccc(F)cc2)=CS1. The Hall–Kier alpha value is -1.34. The van der Waals surface area contributed by atoms with E-state index >= 15 is 0 Å². The molecular weight excluding hydrogens is 271 g/mol. The Balaban J connectivity index is 1.82. The van der Waals surface area contributed by atoms with Crippen molar-refractivity contribution in [2.75, 3.05) is 5.75 Å². The van der Waals surface area contributed by atoms with Crippen LogP contribution in [0.1, 0.15) is 0 Å². The first-order chi connectivity index (χ1) is 8.63. The molecule has 0 radical (unpaired) electrons. The molecule has 0 aromatic heterocycles. The number of guanidine groups is 1. The van der Waals surface area contributed by atoms with Gasteiger partial charge < -0.3 is 16.8 Å². The number of nitrogens with zero attached hydrogens (tertiary/aromatic N) is 1. The number of thioether (sulfide) groups is 2. The van der Waals surface area contributed by atoms with Crippen LogP contribution in [0.3, 0.4) is 0 Å². The standard InChI is InChI=1S/C11H13FN4S2/c12-7-1-3-9(4-2-7)17-5-8-6-18-11(15-8)16-10(13)14/h1-4,6,11,15H,5H2,(H4,13,14,16). The van der Waals surface area contributed by atoms with Crippen LogP contribution < -0.4 is 16.8 Å². The molecule has 1 atom stereocenters. The molecule has 1 aromatic carbocycles. The summed E-state index contributed by atoms with van der Waals surface area (Å²) in [6.45, 7) is 0. The molecule has 0 spiro atoms. The van der Waals surface area contributed by atoms with E-state index in [9.17, 15) is 4.39 Å². The molecule has 0 saturated heterocycles. The van der Waals surface area contributed by atoms with Crippen molar-refractivity contribution >= 4 is 29.5 Å². The number of nitrogens with one attached hydrogen (secondary N) is 1. The summed E-state index contributed by atoms with van der Waals surface area (Å²) >= 11 is 3.15. The van der Waals surface area contributed by atoms with Gasteiger partial charge in [-0.3, -0.25) is 0 Å². The van der Waals surface area contributed by atoms with Crippen molar-refractivity contribution in [3.05, 3.63) is 41.2 Å². The third-order valence-corrected chi connectivity index (χ3v) is 4.08. The fraction of sp³-hybridized carbons (Fsp3) is 0.182. The maximum Gasteiger partial charge on any atom is 0.188 e. The largest absolute Gasteiger partial charge is 0.370 e. The molecule has 1 aliphatic heterocycles. The molecule has 96 valence electrons. The van der Waals surface area contributed by atoms with Gasteiger partial charge in [-0.15, -0.1) is 11.8 Å². The second kappa shape index (κ2) is 6.01. The number of hydrogen-bond donors (Lipinski definition) is 3. The summed E-state index contributed by atoms with van der Waals surface area (Å²) in [5, 5.41) is 5.18. The average molecular weight is 284 g/mol. The molecule has 7 heteroatoms. The van der Waals surface area contributed by atoms with Crippen LogP contribution in [0.2, 0.25) is 0 Å². The van der Waals surface area contributed by atoms with E-state index in [1.807, 2.05) is 5.41 Å². The Morgan fingerprint density at radius 2 is 2.11 bits per heavy atom. The molecule has 0 fully saturated rings. The Labute approximate surface area is 113 Å². The van der Waals surface area contributed by atoms with Gasteiger partial charge in [-0.25, -0.2) is 9.38 Å². The molecule has 4 nitrogen and oxygen atoms in total. The van der Waals surface area contributed by atoms with Crippen LogP contribution in [-0.4, -0.2) is 17.2 Å². The van der Waals surface area contributed by atoms with Crippen molar-refractivity contribution in [3.63, 3.8) is 0 Å². The number of benzene rings is 1. The van der Waals surface area contributed by atoms with Crippen LogP contribution in [0, 0.1) is 5.82 Å². The Morgan fingerprint density at radius 1 is 1.39 bits per heavy atom. The zero-order valence-corrected chi connectivity index (χ0v) is 11.1. The molecule has 1 heterocycles. The monoisotopic (exact) mass is 284 g/mol. The van der Waals surface area contributed by atoms with Crippen molar-refractivity contribution in [3.8, 4) is 0 Å². The van der Waals surface area contributed by atoms with Gasteiger partial charge in [-0.2, -0.15) is 0 Å². The molecule has 0 bridgehead atoms. The minimum atomic E-state index is -0.221. The normalized spacial score (nSPS) is 18.1. The van der Waals surface area contributed by atoms with Gasteiger partial charge in [0.05, 0.1) is 0 Å². The van der Waals surface area contributed by atoms with E-state index < -0.39 is 0 Å². The highest BCUT2D eigenvalue weighted by atomic mass is 32.2. The van der Waals surface area contributed by atoms with Gasteiger partial charge in [0.25, 0.3) is 0 Å². The van der Waals surface area contributed by atoms with E-state index in [1.165, 1.54) is 23.9 Å². The molecule has 18 heavy (non-hydrogen) atoms. The van der Waals surface area contributed by atoms with Crippen LogP contribution in [0.25, 0.3) is 0 Å². The zero-order chi connectivity index (χ0) is 13.0. The van der Waals surface area contributed by atoms with Crippen molar-refractivity contribution in [2.45, 2.75) is 10.4 Å². The highest BCUT2D eigenvalue weighted by Crippen LogP contribution is 2.26. The van der Waals surface area contributed by atoms with Crippen molar-refractivity contribution < 1.29 is 4.39 Å². The first kappa shape index (κ1) is 13.1. The van der Waals surface area contributed by atoms with Crippen LogP contribution in [0.4, 0.5) is 4.39 Å². The van der Waals surface area contributed by atoms with Gasteiger partial charge in [0, 0.05) is 16.3 Å². The summed E-state index contributed by atoms with van der Waals surface area (Å²) in [4.78, 5) is 5.03. The first-order valence-corrected chi connectivity index (χ1v) is 7.14. The van der Waals surface area contributed by atoms with Gasteiger partial charge in [-0.1, -0.05) is 11.8 Å². The molecule has 1 aromatic rings. The minimum Gasteiger partial charge on any atom is -0.370 e. The van der Waals surface area contributed by atoms with Crippen LogP contribution in [0.15, 0.2) is 45.3 Å². The fourth-order valence-electron chi connectivity index (χ4n) is 1.34. The number of nitrogens with two attached hydrogens (primary N) is 2. The highest BCUT2D eigenvalue weighted by Gasteiger charge is 2.15. The lowest BCUT2D eigenvalue weighted by Gasteiger charge is -2.08. The lowest BCUT2D eigenvalue weighted by atomic mass is 10.4. The molecule has 0 aliphatic carbocycles. The molecule has 0 saturated carbocycles. The quantitative estimate of drug-likeness (QED) is 0.445. The lowest BCUT2D eigenvalue weighted by Crippen LogP contribution is -2.28. The number of halogens is 1. The van der Waals surface area contributed by atoms with Crippen LogP contribution >= 0.6 is 23.5 Å². The number of aliphatic imine (C=N–C) groups is 1. The van der Waals surface area contributed by atoms with Gasteiger partial charge in [0.1, 0.15) is 5.82 Å². The topological polar surface area (TPSA) is 76.4 Å². The predicted molar refractivity (Wildman–Crippen MR) is 75.5 cm³/mol. The highest BCUT2D eigenvalue weighted by molar-refractivity contribution is 8.03. The van der Waals surface area contributed by atoms with E-state index in [1.54, 1.807) is 23.9 Å². The summed E-state index contributed by atoms with van der Waals surface area (Å²) in [6, 6.07) is 6.43. The predicted octanol–water partition coefficient (Wildman–Crippen LogP) is 1.65. The summed E-state index contributed by atoms with van der Waals surface area (Å²) in [5.74, 6) is 0.622. The molecule has 0 amide bonds. The van der Waals surface area contributed by atoms with E-state index in [4.69, 9.17) is 11.5 Å². The van der Waals surface area contributed by atoms with Gasteiger partial charge in [0.2, 0.25) is 0 Å². The molecular formula is C11H13FN4S2. The first-order valence-electron chi connectivity index (χ1n) is 5.21. The van der Waals surface area contributed by atoms with Crippen LogP contribution in [-0.2, 0) is 0 Å². The third-order valence-electron chi connectivity index (χ3n) is 2.12. The van der Waals surface area contributed by atoms with Crippen molar-refractivity contribution in [2.24, 2.45) is 16.5 Å². The fourth-order valence-corrected chi connectivity index (χ4v) is 3.11. The third kappa shape index (κ3) is 3.85. The summed E-state index contributed by atoms with van der Waals surface area (Å²) in [6.07, 6.45) is 0.